The molecule has 1 atom stereocenters. The first-order valence-corrected chi connectivity index (χ1v) is 7.14. The summed E-state index contributed by atoms with van der Waals surface area (Å²) in [6.07, 6.45) is 2.94. The molecule has 17 heavy (non-hydrogen) atoms. The molecule has 0 fully saturated rings. The van der Waals surface area contributed by atoms with Crippen molar-refractivity contribution in [2.24, 2.45) is 0 Å². The maximum absolute atomic E-state index is 4.32. The smallest absolute Gasteiger partial charge is 0.0897 e. The Bertz CT molecular complexity index is 496. The molecule has 0 amide bonds. The van der Waals surface area contributed by atoms with Crippen molar-refractivity contribution >= 4 is 27.3 Å². The minimum atomic E-state index is 0.333. The van der Waals surface area contributed by atoms with Crippen molar-refractivity contribution in [2.75, 3.05) is 7.05 Å². The SMILES string of the molecule is CNC(Cc1ccccc1Br)c1cnc(C)s1. The Morgan fingerprint density at radius 2 is 2.18 bits per heavy atom. The molecule has 0 aliphatic heterocycles. The zero-order valence-corrected chi connectivity index (χ0v) is 12.3. The lowest BCUT2D eigenvalue weighted by molar-refractivity contribution is 0.600. The van der Waals surface area contributed by atoms with Gasteiger partial charge in [0.15, 0.2) is 0 Å². The van der Waals surface area contributed by atoms with Crippen LogP contribution in [0.5, 0.6) is 0 Å². The number of aromatic nitrogens is 1. The van der Waals surface area contributed by atoms with Gasteiger partial charge in [0.1, 0.15) is 0 Å². The van der Waals surface area contributed by atoms with E-state index in [4.69, 9.17) is 0 Å². The van der Waals surface area contributed by atoms with Crippen molar-refractivity contribution in [3.05, 3.63) is 50.4 Å². The molecular weight excluding hydrogens is 296 g/mol. The fourth-order valence-electron chi connectivity index (χ4n) is 1.77. The predicted molar refractivity (Wildman–Crippen MR) is 76.5 cm³/mol. The summed E-state index contributed by atoms with van der Waals surface area (Å²) >= 11 is 5.35. The van der Waals surface area contributed by atoms with E-state index < -0.39 is 0 Å². The molecule has 2 aromatic rings. The molecule has 0 aliphatic rings. The maximum Gasteiger partial charge on any atom is 0.0897 e. The van der Waals surface area contributed by atoms with E-state index in [2.05, 4.69) is 44.4 Å². The number of nitrogens with one attached hydrogen (secondary N) is 1. The number of likely N-dealkylation sites (N-methyl/N-ethyl adjacent to an activating group) is 1. The third-order valence-corrected chi connectivity index (χ3v) is 4.51. The van der Waals surface area contributed by atoms with Crippen LogP contribution in [-0.2, 0) is 6.42 Å². The Hall–Kier alpha value is -0.710. The Balaban J connectivity index is 2.18. The molecule has 0 bridgehead atoms. The second kappa shape index (κ2) is 5.76. The molecule has 0 saturated carbocycles. The molecule has 2 nitrogen and oxygen atoms in total. The van der Waals surface area contributed by atoms with Gasteiger partial charge in [-0.05, 0) is 32.0 Å². The van der Waals surface area contributed by atoms with Crippen molar-refractivity contribution in [3.8, 4) is 0 Å². The second-order valence-corrected chi connectivity index (χ2v) is 6.04. The van der Waals surface area contributed by atoms with Crippen molar-refractivity contribution < 1.29 is 0 Å². The van der Waals surface area contributed by atoms with Gasteiger partial charge in [0, 0.05) is 21.6 Å². The van der Waals surface area contributed by atoms with Gasteiger partial charge in [0.25, 0.3) is 0 Å². The molecule has 1 aromatic heterocycles. The number of benzene rings is 1. The summed E-state index contributed by atoms with van der Waals surface area (Å²) in [7, 11) is 2.00. The lowest BCUT2D eigenvalue weighted by Crippen LogP contribution is -2.17. The molecule has 0 radical (unpaired) electrons. The minimum Gasteiger partial charge on any atom is -0.312 e. The van der Waals surface area contributed by atoms with Crippen LogP contribution in [0.15, 0.2) is 34.9 Å². The van der Waals surface area contributed by atoms with Crippen LogP contribution in [0.4, 0.5) is 0 Å². The molecule has 0 spiro atoms. The first kappa shape index (κ1) is 12.7. The van der Waals surface area contributed by atoms with Gasteiger partial charge in [-0.3, -0.25) is 0 Å². The van der Waals surface area contributed by atoms with Gasteiger partial charge in [-0.25, -0.2) is 4.98 Å². The summed E-state index contributed by atoms with van der Waals surface area (Å²) in [5.74, 6) is 0. The fourth-order valence-corrected chi connectivity index (χ4v) is 3.11. The van der Waals surface area contributed by atoms with E-state index in [9.17, 15) is 0 Å². The Labute approximate surface area is 114 Å². The summed E-state index contributed by atoms with van der Waals surface area (Å²) in [5, 5.41) is 4.47. The summed E-state index contributed by atoms with van der Waals surface area (Å²) < 4.78 is 1.17. The van der Waals surface area contributed by atoms with Crippen LogP contribution in [0.3, 0.4) is 0 Å². The normalized spacial score (nSPS) is 12.6. The zero-order valence-electron chi connectivity index (χ0n) is 9.90. The van der Waals surface area contributed by atoms with Crippen molar-refractivity contribution in [1.82, 2.24) is 10.3 Å². The van der Waals surface area contributed by atoms with Crippen LogP contribution in [0, 0.1) is 6.92 Å². The molecule has 4 heteroatoms. The van der Waals surface area contributed by atoms with Crippen LogP contribution in [0.1, 0.15) is 21.5 Å². The fraction of sp³-hybridized carbons (Fsp3) is 0.308. The third-order valence-electron chi connectivity index (χ3n) is 2.71. The number of hydrogen-bond donors (Lipinski definition) is 1. The van der Waals surface area contributed by atoms with Crippen LogP contribution >= 0.6 is 27.3 Å². The highest BCUT2D eigenvalue weighted by molar-refractivity contribution is 9.10. The van der Waals surface area contributed by atoms with Gasteiger partial charge in [0.05, 0.1) is 5.01 Å². The molecule has 1 aromatic carbocycles. The van der Waals surface area contributed by atoms with Crippen LogP contribution < -0.4 is 5.32 Å². The zero-order chi connectivity index (χ0) is 12.3. The Morgan fingerprint density at radius 3 is 2.76 bits per heavy atom. The monoisotopic (exact) mass is 310 g/mol. The van der Waals surface area contributed by atoms with Crippen molar-refractivity contribution in [3.63, 3.8) is 0 Å². The lowest BCUT2D eigenvalue weighted by atomic mass is 10.1. The predicted octanol–water partition coefficient (Wildman–Crippen LogP) is 3.72. The minimum absolute atomic E-state index is 0.333. The van der Waals surface area contributed by atoms with E-state index in [1.54, 1.807) is 11.3 Å². The number of thiazole rings is 1. The summed E-state index contributed by atoms with van der Waals surface area (Å²) in [5.41, 5.74) is 1.32. The highest BCUT2D eigenvalue weighted by Gasteiger charge is 2.13. The van der Waals surface area contributed by atoms with E-state index in [0.717, 1.165) is 11.4 Å². The number of nitrogens with zero attached hydrogens (tertiary/aromatic N) is 1. The van der Waals surface area contributed by atoms with E-state index in [0.29, 0.717) is 6.04 Å². The van der Waals surface area contributed by atoms with Gasteiger partial charge in [-0.1, -0.05) is 34.1 Å². The van der Waals surface area contributed by atoms with Crippen molar-refractivity contribution in [1.29, 1.82) is 0 Å². The molecular formula is C13H15BrN2S. The molecule has 90 valence electrons. The summed E-state index contributed by atoms with van der Waals surface area (Å²) in [4.78, 5) is 5.61. The maximum atomic E-state index is 4.32. The van der Waals surface area contributed by atoms with Crippen molar-refractivity contribution in [2.45, 2.75) is 19.4 Å². The average molecular weight is 311 g/mol. The third kappa shape index (κ3) is 3.15. The summed E-state index contributed by atoms with van der Waals surface area (Å²) in [6.45, 7) is 2.04. The number of hydrogen-bond acceptors (Lipinski definition) is 3. The van der Waals surface area contributed by atoms with Gasteiger partial charge in [-0.15, -0.1) is 11.3 Å². The van der Waals surface area contributed by atoms with Gasteiger partial charge >= 0.3 is 0 Å². The second-order valence-electron chi connectivity index (χ2n) is 3.92. The number of rotatable bonds is 4. The number of halogens is 1. The molecule has 1 unspecified atom stereocenters. The van der Waals surface area contributed by atoms with E-state index in [1.807, 2.05) is 26.2 Å². The standard InChI is InChI=1S/C13H15BrN2S/c1-9-16-8-13(17-9)12(15-2)7-10-5-3-4-6-11(10)14/h3-6,8,12,15H,7H2,1-2H3. The van der Waals surface area contributed by atoms with Gasteiger partial charge in [0.2, 0.25) is 0 Å². The highest BCUT2D eigenvalue weighted by atomic mass is 79.9. The highest BCUT2D eigenvalue weighted by Crippen LogP contribution is 2.26. The average Bonchev–Trinajstić information content (AvgIpc) is 2.75. The molecule has 1 N–H and O–H groups in total. The first-order valence-electron chi connectivity index (χ1n) is 5.53. The Morgan fingerprint density at radius 1 is 1.41 bits per heavy atom. The van der Waals surface area contributed by atoms with E-state index in [1.165, 1.54) is 14.9 Å². The largest absolute Gasteiger partial charge is 0.312 e. The van der Waals surface area contributed by atoms with E-state index in [-0.39, 0.29) is 0 Å². The topological polar surface area (TPSA) is 24.9 Å². The molecule has 1 heterocycles. The van der Waals surface area contributed by atoms with Crippen LogP contribution in [-0.4, -0.2) is 12.0 Å². The molecule has 0 aliphatic carbocycles. The Kier molecular flexibility index (Phi) is 4.31. The lowest BCUT2D eigenvalue weighted by Gasteiger charge is -2.15. The van der Waals surface area contributed by atoms with E-state index >= 15 is 0 Å². The number of aryl methyl sites for hydroxylation is 1. The van der Waals surface area contributed by atoms with Crippen LogP contribution in [0.2, 0.25) is 0 Å². The van der Waals surface area contributed by atoms with Crippen LogP contribution in [0.25, 0.3) is 0 Å². The molecule has 0 saturated heterocycles. The quantitative estimate of drug-likeness (QED) is 0.931. The van der Waals surface area contributed by atoms with Gasteiger partial charge in [-0.2, -0.15) is 0 Å². The summed E-state index contributed by atoms with van der Waals surface area (Å²) in [6, 6.07) is 8.69. The molecule has 2 rings (SSSR count). The van der Waals surface area contributed by atoms with Gasteiger partial charge < -0.3 is 5.32 Å². The first-order chi connectivity index (χ1) is 8.20.